The molecule has 7 heteroatoms. The molecular formula is C19H23NO5S. The fourth-order valence-electron chi connectivity index (χ4n) is 2.25. The van der Waals surface area contributed by atoms with Crippen LogP contribution < -0.4 is 9.46 Å². The highest BCUT2D eigenvalue weighted by molar-refractivity contribution is 7.92. The van der Waals surface area contributed by atoms with Gasteiger partial charge in [-0.15, -0.1) is 0 Å². The monoisotopic (exact) mass is 377 g/mol. The second-order valence-electron chi connectivity index (χ2n) is 6.78. The Morgan fingerprint density at radius 3 is 2.19 bits per heavy atom. The molecule has 140 valence electrons. The maximum atomic E-state index is 12.7. The maximum Gasteiger partial charge on any atom is 0.340 e. The van der Waals surface area contributed by atoms with E-state index in [4.69, 9.17) is 9.47 Å². The summed E-state index contributed by atoms with van der Waals surface area (Å²) >= 11 is 0. The predicted octanol–water partition coefficient (Wildman–Crippen LogP) is 3.76. The van der Waals surface area contributed by atoms with Crippen LogP contribution in [0.15, 0.2) is 47.4 Å². The van der Waals surface area contributed by atoms with E-state index in [2.05, 4.69) is 4.72 Å². The molecule has 0 aliphatic heterocycles. The zero-order valence-electron chi connectivity index (χ0n) is 15.5. The molecule has 0 aromatic heterocycles. The number of carbonyl (C=O) groups is 1. The highest BCUT2D eigenvalue weighted by Gasteiger charge is 2.24. The first-order valence-corrected chi connectivity index (χ1v) is 9.51. The van der Waals surface area contributed by atoms with Gasteiger partial charge in [-0.25, -0.2) is 13.2 Å². The number of hydrogen-bond donors (Lipinski definition) is 1. The summed E-state index contributed by atoms with van der Waals surface area (Å²) in [6.45, 7) is 6.98. The van der Waals surface area contributed by atoms with Gasteiger partial charge in [0.2, 0.25) is 0 Å². The lowest BCUT2D eigenvalue weighted by molar-refractivity contribution is 0.00707. The number of para-hydroxylation sites is 1. The Labute approximate surface area is 154 Å². The molecule has 2 aromatic rings. The third-order valence-corrected chi connectivity index (χ3v) is 4.86. The standard InChI is InChI=1S/C19H23NO5S/c1-13-7-6-8-16(18(21)25-19(2,3)4)17(13)20-26(22,23)15-11-9-14(24-5)10-12-15/h6-12,20H,1-5H3. The fraction of sp³-hybridized carbons (Fsp3) is 0.316. The number of ether oxygens (including phenoxy) is 2. The number of methoxy groups -OCH3 is 1. The van der Waals surface area contributed by atoms with Gasteiger partial charge in [0.1, 0.15) is 11.4 Å². The average molecular weight is 377 g/mol. The molecular weight excluding hydrogens is 354 g/mol. The molecule has 0 bridgehead atoms. The van der Waals surface area contributed by atoms with Crippen LogP contribution in [0.3, 0.4) is 0 Å². The van der Waals surface area contributed by atoms with Crippen LogP contribution in [0.1, 0.15) is 36.7 Å². The molecule has 0 aliphatic carbocycles. The number of hydrogen-bond acceptors (Lipinski definition) is 5. The predicted molar refractivity (Wildman–Crippen MR) is 100 cm³/mol. The van der Waals surface area contributed by atoms with Gasteiger partial charge >= 0.3 is 5.97 Å². The average Bonchev–Trinajstić information content (AvgIpc) is 2.55. The molecule has 2 rings (SSSR count). The number of nitrogens with one attached hydrogen (secondary N) is 1. The first-order chi connectivity index (χ1) is 12.0. The quantitative estimate of drug-likeness (QED) is 0.803. The number of anilines is 1. The maximum absolute atomic E-state index is 12.7. The summed E-state index contributed by atoms with van der Waals surface area (Å²) in [4.78, 5) is 12.5. The second kappa shape index (κ2) is 7.37. The third-order valence-electron chi connectivity index (χ3n) is 3.50. The highest BCUT2D eigenvalue weighted by Crippen LogP contribution is 2.27. The Hall–Kier alpha value is -2.54. The van der Waals surface area contributed by atoms with Crippen molar-refractivity contribution in [2.24, 2.45) is 0 Å². The fourth-order valence-corrected chi connectivity index (χ4v) is 3.41. The summed E-state index contributed by atoms with van der Waals surface area (Å²) in [6.07, 6.45) is 0. The number of benzene rings is 2. The van der Waals surface area contributed by atoms with Gasteiger partial charge in [-0.05, 0) is 63.6 Å². The van der Waals surface area contributed by atoms with Gasteiger partial charge in [-0.1, -0.05) is 12.1 Å². The Bertz CT molecular complexity index is 897. The highest BCUT2D eigenvalue weighted by atomic mass is 32.2. The van der Waals surface area contributed by atoms with E-state index in [1.807, 2.05) is 0 Å². The number of carbonyl (C=O) groups excluding carboxylic acids is 1. The van der Waals surface area contributed by atoms with E-state index in [0.29, 0.717) is 11.3 Å². The lowest BCUT2D eigenvalue weighted by atomic mass is 10.1. The summed E-state index contributed by atoms with van der Waals surface area (Å²) in [6, 6.07) is 10.9. The molecule has 0 spiro atoms. The normalized spacial score (nSPS) is 11.7. The smallest absolute Gasteiger partial charge is 0.340 e. The Balaban J connectivity index is 2.40. The Morgan fingerprint density at radius 1 is 1.04 bits per heavy atom. The van der Waals surface area contributed by atoms with Gasteiger partial charge in [0.05, 0.1) is 23.3 Å². The molecule has 0 saturated heterocycles. The topological polar surface area (TPSA) is 81.7 Å². The van der Waals surface area contributed by atoms with E-state index in [1.165, 1.54) is 25.3 Å². The Morgan fingerprint density at radius 2 is 1.65 bits per heavy atom. The van der Waals surface area contributed by atoms with Crippen molar-refractivity contribution in [1.82, 2.24) is 0 Å². The minimum atomic E-state index is -3.87. The van der Waals surface area contributed by atoms with Crippen molar-refractivity contribution in [3.8, 4) is 5.75 Å². The van der Waals surface area contributed by atoms with Crippen molar-refractivity contribution < 1.29 is 22.7 Å². The Kier molecular flexibility index (Phi) is 5.61. The summed E-state index contributed by atoms with van der Waals surface area (Å²) in [5, 5.41) is 0. The molecule has 1 N–H and O–H groups in total. The van der Waals surface area contributed by atoms with Crippen LogP contribution in [-0.2, 0) is 14.8 Å². The molecule has 0 fully saturated rings. The molecule has 6 nitrogen and oxygen atoms in total. The summed E-state index contributed by atoms with van der Waals surface area (Å²) < 4.78 is 38.3. The van der Waals surface area contributed by atoms with E-state index in [9.17, 15) is 13.2 Å². The second-order valence-corrected chi connectivity index (χ2v) is 8.46. The number of esters is 1. The van der Waals surface area contributed by atoms with Gasteiger partial charge in [0.25, 0.3) is 10.0 Å². The van der Waals surface area contributed by atoms with E-state index in [0.717, 1.165) is 0 Å². The molecule has 0 radical (unpaired) electrons. The lowest BCUT2D eigenvalue weighted by Gasteiger charge is -2.21. The van der Waals surface area contributed by atoms with E-state index >= 15 is 0 Å². The summed E-state index contributed by atoms with van der Waals surface area (Å²) in [7, 11) is -2.37. The largest absolute Gasteiger partial charge is 0.497 e. The molecule has 2 aromatic carbocycles. The molecule has 0 atom stereocenters. The van der Waals surface area contributed by atoms with E-state index in [1.54, 1.807) is 52.0 Å². The minimum absolute atomic E-state index is 0.0664. The number of rotatable bonds is 5. The van der Waals surface area contributed by atoms with Crippen molar-refractivity contribution in [2.75, 3.05) is 11.8 Å². The van der Waals surface area contributed by atoms with Crippen LogP contribution in [0.2, 0.25) is 0 Å². The molecule has 0 amide bonds. The van der Waals surface area contributed by atoms with Gasteiger partial charge in [0.15, 0.2) is 0 Å². The first kappa shape index (κ1) is 19.8. The van der Waals surface area contributed by atoms with Crippen LogP contribution in [0, 0.1) is 6.92 Å². The minimum Gasteiger partial charge on any atom is -0.497 e. The molecule has 26 heavy (non-hydrogen) atoms. The molecule has 0 unspecified atom stereocenters. The lowest BCUT2D eigenvalue weighted by Crippen LogP contribution is -2.25. The van der Waals surface area contributed by atoms with Crippen LogP contribution in [0.25, 0.3) is 0 Å². The van der Waals surface area contributed by atoms with Gasteiger partial charge < -0.3 is 9.47 Å². The van der Waals surface area contributed by atoms with Crippen LogP contribution >= 0.6 is 0 Å². The van der Waals surface area contributed by atoms with E-state index in [-0.39, 0.29) is 16.1 Å². The van der Waals surface area contributed by atoms with Crippen molar-refractivity contribution in [1.29, 1.82) is 0 Å². The van der Waals surface area contributed by atoms with Crippen molar-refractivity contribution in [3.63, 3.8) is 0 Å². The van der Waals surface area contributed by atoms with Crippen LogP contribution in [0.4, 0.5) is 5.69 Å². The first-order valence-electron chi connectivity index (χ1n) is 8.03. The zero-order chi connectivity index (χ0) is 19.5. The van der Waals surface area contributed by atoms with Gasteiger partial charge in [-0.2, -0.15) is 0 Å². The molecule has 0 heterocycles. The zero-order valence-corrected chi connectivity index (χ0v) is 16.3. The van der Waals surface area contributed by atoms with E-state index < -0.39 is 21.6 Å². The van der Waals surface area contributed by atoms with Crippen molar-refractivity contribution in [2.45, 2.75) is 38.2 Å². The number of aryl methyl sites for hydroxylation is 1. The molecule has 0 saturated carbocycles. The van der Waals surface area contributed by atoms with Gasteiger partial charge in [-0.3, -0.25) is 4.72 Å². The summed E-state index contributed by atoms with van der Waals surface area (Å²) in [5.41, 5.74) is 0.299. The SMILES string of the molecule is COc1ccc(S(=O)(=O)Nc2c(C)cccc2C(=O)OC(C)(C)C)cc1. The van der Waals surface area contributed by atoms with Crippen molar-refractivity contribution >= 4 is 21.7 Å². The van der Waals surface area contributed by atoms with Gasteiger partial charge in [0, 0.05) is 0 Å². The third kappa shape index (κ3) is 4.76. The number of sulfonamides is 1. The van der Waals surface area contributed by atoms with Crippen LogP contribution in [-0.4, -0.2) is 27.1 Å². The summed E-state index contributed by atoms with van der Waals surface area (Å²) in [5.74, 6) is -0.0390. The van der Waals surface area contributed by atoms with Crippen LogP contribution in [0.5, 0.6) is 5.75 Å². The van der Waals surface area contributed by atoms with Crippen molar-refractivity contribution in [3.05, 3.63) is 53.6 Å². The molecule has 0 aliphatic rings.